The van der Waals surface area contributed by atoms with Crippen LogP contribution in [-0.2, 0) is 9.53 Å². The topological polar surface area (TPSA) is 70.7 Å². The first-order valence-electron chi connectivity index (χ1n) is 7.63. The highest BCUT2D eigenvalue weighted by Gasteiger charge is 2.23. The van der Waals surface area contributed by atoms with Gasteiger partial charge in [0, 0.05) is 31.9 Å². The summed E-state index contributed by atoms with van der Waals surface area (Å²) in [5.74, 6) is 2.00. The van der Waals surface area contributed by atoms with E-state index in [2.05, 4.69) is 16.6 Å². The van der Waals surface area contributed by atoms with Gasteiger partial charge in [-0.15, -0.1) is 12.3 Å². The number of alkyl carbamates (subject to hydrolysis) is 1. The summed E-state index contributed by atoms with van der Waals surface area (Å²) in [4.78, 5) is 26.1. The maximum absolute atomic E-state index is 12.3. The molecule has 1 aromatic carbocycles. The van der Waals surface area contributed by atoms with Crippen LogP contribution in [0.4, 0.5) is 16.2 Å². The zero-order valence-electron chi connectivity index (χ0n) is 14.8. The number of rotatable bonds is 5. The Bertz CT molecular complexity index is 610. The van der Waals surface area contributed by atoms with Crippen LogP contribution in [0.3, 0.4) is 0 Å². The van der Waals surface area contributed by atoms with E-state index >= 15 is 0 Å². The van der Waals surface area contributed by atoms with E-state index in [9.17, 15) is 9.59 Å². The van der Waals surface area contributed by atoms with Crippen molar-refractivity contribution in [1.29, 1.82) is 0 Å². The average molecular weight is 331 g/mol. The van der Waals surface area contributed by atoms with Crippen LogP contribution >= 0.6 is 0 Å². The van der Waals surface area contributed by atoms with Gasteiger partial charge < -0.3 is 20.3 Å². The van der Waals surface area contributed by atoms with Crippen molar-refractivity contribution in [3.8, 4) is 12.3 Å². The number of hydrogen-bond acceptors (Lipinski definition) is 4. The molecule has 6 heteroatoms. The molecule has 1 rings (SSSR count). The molecular formula is C18H25N3O3. The Balaban J connectivity index is 2.72. The zero-order chi connectivity index (χ0) is 18.3. The van der Waals surface area contributed by atoms with Gasteiger partial charge in [-0.25, -0.2) is 4.79 Å². The first-order valence-corrected chi connectivity index (χ1v) is 7.63. The molecule has 0 radical (unpaired) electrons. The van der Waals surface area contributed by atoms with Crippen molar-refractivity contribution in [2.45, 2.75) is 38.8 Å². The molecule has 1 unspecified atom stereocenters. The maximum Gasteiger partial charge on any atom is 0.408 e. The molecule has 0 aliphatic carbocycles. The molecule has 0 aromatic heterocycles. The standard InChI is InChI=1S/C18H25N3O3/c1-7-8-15(20-17(23)24-18(2,3)4)16(22)19-13-9-11-14(12-10-13)21(5)6/h1,9-12,15H,8H2,2-6H3,(H,19,22)(H,20,23). The lowest BCUT2D eigenvalue weighted by atomic mass is 10.2. The van der Waals surface area contributed by atoms with Gasteiger partial charge in [-0.2, -0.15) is 0 Å². The minimum Gasteiger partial charge on any atom is -0.444 e. The number of carbonyl (C=O) groups excluding carboxylic acids is 2. The van der Waals surface area contributed by atoms with Gasteiger partial charge in [-0.3, -0.25) is 4.79 Å². The van der Waals surface area contributed by atoms with Crippen LogP contribution in [0.5, 0.6) is 0 Å². The van der Waals surface area contributed by atoms with Crippen LogP contribution in [0.2, 0.25) is 0 Å². The highest BCUT2D eigenvalue weighted by molar-refractivity contribution is 5.96. The van der Waals surface area contributed by atoms with Crippen LogP contribution in [0.25, 0.3) is 0 Å². The van der Waals surface area contributed by atoms with Gasteiger partial charge in [0.25, 0.3) is 0 Å². The lowest BCUT2D eigenvalue weighted by Gasteiger charge is -2.22. The summed E-state index contributed by atoms with van der Waals surface area (Å²) in [5.41, 5.74) is 0.988. The predicted octanol–water partition coefficient (Wildman–Crippen LogP) is 2.61. The number of amides is 2. The summed E-state index contributed by atoms with van der Waals surface area (Å²) in [7, 11) is 3.86. The first kappa shape index (κ1) is 19.4. The Kier molecular flexibility index (Phi) is 6.66. The molecule has 0 saturated heterocycles. The van der Waals surface area contributed by atoms with Gasteiger partial charge >= 0.3 is 6.09 Å². The number of ether oxygens (including phenoxy) is 1. The third kappa shape index (κ3) is 6.61. The Hall–Kier alpha value is -2.68. The molecule has 1 atom stereocenters. The van der Waals surface area contributed by atoms with Crippen molar-refractivity contribution in [2.75, 3.05) is 24.3 Å². The van der Waals surface area contributed by atoms with E-state index in [4.69, 9.17) is 11.2 Å². The quantitative estimate of drug-likeness (QED) is 0.814. The zero-order valence-corrected chi connectivity index (χ0v) is 14.8. The third-order valence-electron chi connectivity index (χ3n) is 2.98. The second-order valence-corrected chi connectivity index (χ2v) is 6.54. The van der Waals surface area contributed by atoms with Crippen LogP contribution in [0, 0.1) is 12.3 Å². The number of terminal acetylenes is 1. The molecule has 0 saturated carbocycles. The summed E-state index contributed by atoms with van der Waals surface area (Å²) in [6.45, 7) is 5.24. The molecule has 0 bridgehead atoms. The van der Waals surface area contributed by atoms with Crippen molar-refractivity contribution < 1.29 is 14.3 Å². The first-order chi connectivity index (χ1) is 11.1. The van der Waals surface area contributed by atoms with Crippen molar-refractivity contribution >= 4 is 23.4 Å². The number of carbonyl (C=O) groups is 2. The maximum atomic E-state index is 12.3. The normalized spacial score (nSPS) is 11.8. The molecular weight excluding hydrogens is 306 g/mol. The molecule has 0 aliphatic heterocycles. The van der Waals surface area contributed by atoms with Gasteiger partial charge in [0.2, 0.25) is 5.91 Å². The summed E-state index contributed by atoms with van der Waals surface area (Å²) < 4.78 is 5.15. The fraction of sp³-hybridized carbons (Fsp3) is 0.444. The van der Waals surface area contributed by atoms with Gasteiger partial charge in [0.1, 0.15) is 11.6 Å². The van der Waals surface area contributed by atoms with Crippen molar-refractivity contribution in [2.24, 2.45) is 0 Å². The monoisotopic (exact) mass is 331 g/mol. The van der Waals surface area contributed by atoms with Gasteiger partial charge in [-0.05, 0) is 45.0 Å². The molecule has 1 aromatic rings. The Morgan fingerprint density at radius 2 is 1.83 bits per heavy atom. The second kappa shape index (κ2) is 8.25. The van der Waals surface area contributed by atoms with Gasteiger partial charge in [0.05, 0.1) is 0 Å². The van der Waals surface area contributed by atoms with E-state index in [-0.39, 0.29) is 6.42 Å². The fourth-order valence-electron chi connectivity index (χ4n) is 1.85. The Morgan fingerprint density at radius 1 is 1.25 bits per heavy atom. The number of nitrogens with zero attached hydrogens (tertiary/aromatic N) is 1. The summed E-state index contributed by atoms with van der Waals surface area (Å²) >= 11 is 0. The number of hydrogen-bond donors (Lipinski definition) is 2. The van der Waals surface area contributed by atoms with Gasteiger partial charge in [-0.1, -0.05) is 0 Å². The fourth-order valence-corrected chi connectivity index (χ4v) is 1.85. The van der Waals surface area contributed by atoms with Gasteiger partial charge in [0.15, 0.2) is 0 Å². The smallest absolute Gasteiger partial charge is 0.408 e. The summed E-state index contributed by atoms with van der Waals surface area (Å²) in [6.07, 6.45) is 4.68. The highest BCUT2D eigenvalue weighted by Crippen LogP contribution is 2.16. The summed E-state index contributed by atoms with van der Waals surface area (Å²) in [6, 6.07) is 6.47. The van der Waals surface area contributed by atoms with E-state index in [0.717, 1.165) is 5.69 Å². The molecule has 0 aliphatic rings. The van der Waals surface area contributed by atoms with Crippen LogP contribution in [0.1, 0.15) is 27.2 Å². The highest BCUT2D eigenvalue weighted by atomic mass is 16.6. The molecule has 2 N–H and O–H groups in total. The molecule has 130 valence electrons. The van der Waals surface area contributed by atoms with E-state index in [1.54, 1.807) is 32.9 Å². The molecule has 0 fully saturated rings. The van der Waals surface area contributed by atoms with E-state index in [1.165, 1.54) is 0 Å². The average Bonchev–Trinajstić information content (AvgIpc) is 2.45. The minimum absolute atomic E-state index is 0.0703. The molecule has 0 heterocycles. The largest absolute Gasteiger partial charge is 0.444 e. The second-order valence-electron chi connectivity index (χ2n) is 6.54. The van der Waals surface area contributed by atoms with Crippen molar-refractivity contribution in [1.82, 2.24) is 5.32 Å². The van der Waals surface area contributed by atoms with Crippen molar-refractivity contribution in [3.05, 3.63) is 24.3 Å². The lowest BCUT2D eigenvalue weighted by Crippen LogP contribution is -2.45. The predicted molar refractivity (Wildman–Crippen MR) is 96.0 cm³/mol. The van der Waals surface area contributed by atoms with Crippen LogP contribution in [0.15, 0.2) is 24.3 Å². The number of anilines is 2. The summed E-state index contributed by atoms with van der Waals surface area (Å²) in [5, 5.41) is 5.24. The Labute approximate surface area is 143 Å². The Morgan fingerprint density at radius 3 is 2.29 bits per heavy atom. The number of benzene rings is 1. The van der Waals surface area contributed by atoms with Crippen LogP contribution in [-0.4, -0.2) is 37.7 Å². The molecule has 24 heavy (non-hydrogen) atoms. The minimum atomic E-state index is -0.863. The van der Waals surface area contributed by atoms with Crippen LogP contribution < -0.4 is 15.5 Å². The number of nitrogens with one attached hydrogen (secondary N) is 2. The third-order valence-corrected chi connectivity index (χ3v) is 2.98. The van der Waals surface area contributed by atoms with Crippen molar-refractivity contribution in [3.63, 3.8) is 0 Å². The molecule has 6 nitrogen and oxygen atoms in total. The lowest BCUT2D eigenvalue weighted by molar-refractivity contribution is -0.118. The van der Waals surface area contributed by atoms with E-state index < -0.39 is 23.6 Å². The molecule has 0 spiro atoms. The SMILES string of the molecule is C#CCC(NC(=O)OC(C)(C)C)C(=O)Nc1ccc(N(C)C)cc1. The van der Waals surface area contributed by atoms with E-state index in [1.807, 2.05) is 31.1 Å². The molecule has 2 amide bonds. The van der Waals surface area contributed by atoms with E-state index in [0.29, 0.717) is 5.69 Å².